The number of halogens is 1. The van der Waals surface area contributed by atoms with Crippen LogP contribution in [0.15, 0.2) is 28.0 Å². The van der Waals surface area contributed by atoms with Crippen LogP contribution in [0.4, 0.5) is 0 Å². The van der Waals surface area contributed by atoms with Gasteiger partial charge in [0.15, 0.2) is 0 Å². The van der Waals surface area contributed by atoms with E-state index in [9.17, 15) is 10.2 Å². The molecule has 4 rings (SSSR count). The number of aliphatic hydroxyl groups is 1. The Hall–Kier alpha value is -0.750. The van der Waals surface area contributed by atoms with Crippen LogP contribution in [-0.4, -0.2) is 22.9 Å². The van der Waals surface area contributed by atoms with Crippen molar-refractivity contribution in [1.82, 2.24) is 0 Å². The first-order valence-electron chi connectivity index (χ1n) is 9.34. The molecule has 0 radical (unpaired) electrons. The quantitative estimate of drug-likeness (QED) is 0.494. The highest BCUT2D eigenvalue weighted by Gasteiger charge is 2.62. The van der Waals surface area contributed by atoms with Crippen molar-refractivity contribution in [2.45, 2.75) is 57.0 Å². The van der Waals surface area contributed by atoms with Crippen LogP contribution in [0.3, 0.4) is 0 Å². The van der Waals surface area contributed by atoms with Gasteiger partial charge in [0.05, 0.1) is 17.0 Å². The predicted molar refractivity (Wildman–Crippen MR) is 107 cm³/mol. The number of benzene rings is 1. The molecule has 1 aromatic carbocycles. The standard InChI is InChI=1S/C21H27IO3/c1-20-9-7-16-15-6-4-14(23)11-13(15)3-5-17(16)18(20)8-10-21(20,24)19(22)12-25-2/h4,6,11-12,16-18,23-24H,3,5,7-10H2,1-2H3/t16-,17-,18+,20+,21-/m1/s1. The van der Waals surface area contributed by atoms with Gasteiger partial charge in [0, 0.05) is 5.41 Å². The molecule has 0 spiro atoms. The maximum atomic E-state index is 11.6. The third-order valence-corrected chi connectivity index (χ3v) is 8.62. The maximum Gasteiger partial charge on any atom is 0.115 e. The van der Waals surface area contributed by atoms with E-state index in [4.69, 9.17) is 4.74 Å². The van der Waals surface area contributed by atoms with Gasteiger partial charge in [-0.3, -0.25) is 0 Å². The number of rotatable bonds is 2. The molecule has 3 aliphatic carbocycles. The zero-order chi connectivity index (χ0) is 17.8. The summed E-state index contributed by atoms with van der Waals surface area (Å²) in [6, 6.07) is 5.93. The fraction of sp³-hybridized carbons (Fsp3) is 0.619. The minimum Gasteiger partial charge on any atom is -0.508 e. The number of aromatic hydroxyl groups is 1. The number of fused-ring (bicyclic) bond motifs is 5. The molecule has 2 saturated carbocycles. The summed E-state index contributed by atoms with van der Waals surface area (Å²) in [4.78, 5) is 0. The second kappa shape index (κ2) is 6.15. The average Bonchev–Trinajstić information content (AvgIpc) is 2.87. The molecule has 5 atom stereocenters. The van der Waals surface area contributed by atoms with Crippen LogP contribution in [0.5, 0.6) is 5.75 Å². The molecular formula is C21H27IO3. The van der Waals surface area contributed by atoms with Crippen molar-refractivity contribution in [3.05, 3.63) is 39.2 Å². The first-order chi connectivity index (χ1) is 11.9. The smallest absolute Gasteiger partial charge is 0.115 e. The van der Waals surface area contributed by atoms with Gasteiger partial charge in [0.2, 0.25) is 0 Å². The Bertz CT molecular complexity index is 715. The summed E-state index contributed by atoms with van der Waals surface area (Å²) in [5, 5.41) is 21.4. The summed E-state index contributed by atoms with van der Waals surface area (Å²) in [5.41, 5.74) is 1.93. The number of phenols is 1. The molecule has 0 bridgehead atoms. The molecule has 4 heteroatoms. The van der Waals surface area contributed by atoms with E-state index in [1.807, 2.05) is 12.1 Å². The molecule has 0 aromatic heterocycles. The second-order valence-electron chi connectivity index (χ2n) is 8.36. The summed E-state index contributed by atoms with van der Waals surface area (Å²) in [6.07, 6.45) is 8.01. The van der Waals surface area contributed by atoms with Crippen LogP contribution >= 0.6 is 22.6 Å². The van der Waals surface area contributed by atoms with E-state index in [1.165, 1.54) is 17.5 Å². The van der Waals surface area contributed by atoms with Crippen LogP contribution in [-0.2, 0) is 11.2 Å². The Kier molecular flexibility index (Phi) is 4.35. The summed E-state index contributed by atoms with van der Waals surface area (Å²) in [6.45, 7) is 2.30. The lowest BCUT2D eigenvalue weighted by molar-refractivity contribution is -0.0732. The van der Waals surface area contributed by atoms with Crippen molar-refractivity contribution in [3.8, 4) is 5.75 Å². The predicted octanol–water partition coefficient (Wildman–Crippen LogP) is 4.90. The molecule has 3 aliphatic rings. The normalized spacial score (nSPS) is 40.2. The fourth-order valence-electron chi connectivity index (χ4n) is 6.18. The first kappa shape index (κ1) is 17.7. The number of hydrogen-bond acceptors (Lipinski definition) is 3. The van der Waals surface area contributed by atoms with Crippen molar-refractivity contribution < 1.29 is 14.9 Å². The number of hydrogen-bond donors (Lipinski definition) is 2. The summed E-state index contributed by atoms with van der Waals surface area (Å²) in [7, 11) is 1.65. The minimum absolute atomic E-state index is 0.0753. The Morgan fingerprint density at radius 3 is 2.84 bits per heavy atom. The third-order valence-electron chi connectivity index (χ3n) is 7.48. The van der Waals surface area contributed by atoms with E-state index in [1.54, 1.807) is 13.4 Å². The molecule has 136 valence electrons. The van der Waals surface area contributed by atoms with Gasteiger partial charge in [-0.15, -0.1) is 0 Å². The molecule has 0 heterocycles. The molecule has 1 aromatic rings. The first-order valence-corrected chi connectivity index (χ1v) is 10.4. The molecule has 0 unspecified atom stereocenters. The summed E-state index contributed by atoms with van der Waals surface area (Å²) < 4.78 is 6.16. The highest BCUT2D eigenvalue weighted by Crippen LogP contribution is 2.66. The van der Waals surface area contributed by atoms with E-state index in [0.717, 1.165) is 35.7 Å². The second-order valence-corrected chi connectivity index (χ2v) is 9.52. The lowest BCUT2D eigenvalue weighted by Gasteiger charge is -2.53. The van der Waals surface area contributed by atoms with E-state index in [0.29, 0.717) is 23.5 Å². The van der Waals surface area contributed by atoms with E-state index >= 15 is 0 Å². The Balaban J connectivity index is 1.69. The molecule has 2 fully saturated rings. The number of methoxy groups -OCH3 is 1. The zero-order valence-electron chi connectivity index (χ0n) is 15.0. The van der Waals surface area contributed by atoms with Gasteiger partial charge in [0.25, 0.3) is 0 Å². The van der Waals surface area contributed by atoms with Gasteiger partial charge < -0.3 is 14.9 Å². The Morgan fingerprint density at radius 2 is 2.08 bits per heavy atom. The number of ether oxygens (including phenoxy) is 1. The minimum atomic E-state index is -0.756. The van der Waals surface area contributed by atoms with Crippen LogP contribution in [0.1, 0.15) is 56.1 Å². The zero-order valence-corrected chi connectivity index (χ0v) is 17.1. The van der Waals surface area contributed by atoms with Gasteiger partial charge in [-0.05, 0) is 102 Å². The topological polar surface area (TPSA) is 49.7 Å². The molecule has 25 heavy (non-hydrogen) atoms. The van der Waals surface area contributed by atoms with Crippen molar-refractivity contribution in [3.63, 3.8) is 0 Å². The average molecular weight is 454 g/mol. The molecule has 0 saturated heterocycles. The van der Waals surface area contributed by atoms with Crippen LogP contribution in [0, 0.1) is 17.3 Å². The molecule has 0 aliphatic heterocycles. The SMILES string of the molecule is COC=C(I)[C@]1(O)CC[C@H]2[C@@H]3CCc4cc(O)ccc4[C@H]3CC[C@@]21C. The lowest BCUT2D eigenvalue weighted by atomic mass is 9.53. The summed E-state index contributed by atoms with van der Waals surface area (Å²) in [5.74, 6) is 2.14. The van der Waals surface area contributed by atoms with Crippen LogP contribution < -0.4 is 0 Å². The highest BCUT2D eigenvalue weighted by molar-refractivity contribution is 14.1. The summed E-state index contributed by atoms with van der Waals surface area (Å²) >= 11 is 2.27. The van der Waals surface area contributed by atoms with Gasteiger partial charge in [-0.2, -0.15) is 0 Å². The van der Waals surface area contributed by atoms with Crippen LogP contribution in [0.2, 0.25) is 0 Å². The Morgan fingerprint density at radius 1 is 1.28 bits per heavy atom. The van der Waals surface area contributed by atoms with Gasteiger partial charge >= 0.3 is 0 Å². The van der Waals surface area contributed by atoms with Crippen molar-refractivity contribution in [2.24, 2.45) is 17.3 Å². The maximum absolute atomic E-state index is 11.6. The van der Waals surface area contributed by atoms with Crippen molar-refractivity contribution in [2.75, 3.05) is 7.11 Å². The van der Waals surface area contributed by atoms with Crippen LogP contribution in [0.25, 0.3) is 0 Å². The number of aryl methyl sites for hydroxylation is 1. The van der Waals surface area contributed by atoms with E-state index < -0.39 is 5.60 Å². The largest absolute Gasteiger partial charge is 0.508 e. The van der Waals surface area contributed by atoms with E-state index in [-0.39, 0.29) is 5.41 Å². The monoisotopic (exact) mass is 454 g/mol. The lowest BCUT2D eigenvalue weighted by Crippen LogP contribution is -2.51. The molecule has 2 N–H and O–H groups in total. The Labute approximate surface area is 163 Å². The molecule has 0 amide bonds. The van der Waals surface area contributed by atoms with Crippen molar-refractivity contribution >= 4 is 22.6 Å². The fourth-order valence-corrected chi connectivity index (χ4v) is 7.32. The van der Waals surface area contributed by atoms with E-state index in [2.05, 4.69) is 35.6 Å². The van der Waals surface area contributed by atoms with Gasteiger partial charge in [-0.1, -0.05) is 13.0 Å². The number of phenolic OH excluding ortho intramolecular Hbond substituents is 1. The highest BCUT2D eigenvalue weighted by atomic mass is 127. The third kappa shape index (κ3) is 2.47. The molecule has 3 nitrogen and oxygen atoms in total. The molecular weight excluding hydrogens is 427 g/mol. The van der Waals surface area contributed by atoms with Crippen molar-refractivity contribution in [1.29, 1.82) is 0 Å². The van der Waals surface area contributed by atoms with Gasteiger partial charge in [-0.25, -0.2) is 0 Å². The van der Waals surface area contributed by atoms with Gasteiger partial charge in [0.1, 0.15) is 11.4 Å².